The van der Waals surface area contributed by atoms with E-state index in [2.05, 4.69) is 10.6 Å². The molecule has 0 aromatic heterocycles. The zero-order chi connectivity index (χ0) is 28.7. The predicted molar refractivity (Wildman–Crippen MR) is 160 cm³/mol. The monoisotopic (exact) mass is 555 g/mol. The van der Waals surface area contributed by atoms with Crippen LogP contribution < -0.4 is 14.9 Å². The summed E-state index contributed by atoms with van der Waals surface area (Å²) in [4.78, 5) is 25.9. The van der Waals surface area contributed by atoms with Crippen LogP contribution in [0.3, 0.4) is 0 Å². The Morgan fingerprint density at radius 2 is 1.35 bits per heavy atom. The summed E-state index contributed by atoms with van der Waals surface area (Å²) >= 11 is 0. The van der Waals surface area contributed by atoms with E-state index in [9.17, 15) is 18.0 Å². The van der Waals surface area contributed by atoms with Gasteiger partial charge in [-0.05, 0) is 66.8 Å². The van der Waals surface area contributed by atoms with Gasteiger partial charge in [-0.25, -0.2) is 8.42 Å². The van der Waals surface area contributed by atoms with Gasteiger partial charge in [-0.15, -0.1) is 0 Å². The number of hydrogen-bond acceptors (Lipinski definition) is 4. The molecule has 0 aliphatic heterocycles. The minimum atomic E-state index is -3.55. The molecule has 0 unspecified atom stereocenters. The molecule has 4 aromatic rings. The summed E-state index contributed by atoms with van der Waals surface area (Å²) in [6.45, 7) is 4.38. The van der Waals surface area contributed by atoms with E-state index in [1.807, 2.05) is 62.4 Å². The second-order valence-corrected chi connectivity index (χ2v) is 11.6. The maximum Gasteiger partial charge on any atom is 0.255 e. The molecule has 4 aromatic carbocycles. The fraction of sp³-hybridized carbons (Fsp3) is 0.188. The highest BCUT2D eigenvalue weighted by Crippen LogP contribution is 2.28. The first-order valence-electron chi connectivity index (χ1n) is 13.0. The molecule has 0 heterocycles. The highest BCUT2D eigenvalue weighted by molar-refractivity contribution is 7.92. The van der Waals surface area contributed by atoms with Crippen LogP contribution >= 0.6 is 0 Å². The molecule has 40 heavy (non-hydrogen) atoms. The maximum absolute atomic E-state index is 13.0. The molecular weight excluding hydrogens is 522 g/mol. The topological polar surface area (TPSA) is 95.6 Å². The molecule has 0 atom stereocenters. The molecule has 2 N–H and O–H groups in total. The van der Waals surface area contributed by atoms with Crippen LogP contribution in [0.4, 0.5) is 11.4 Å². The van der Waals surface area contributed by atoms with Crippen LogP contribution in [-0.2, 0) is 23.0 Å². The van der Waals surface area contributed by atoms with Crippen molar-refractivity contribution < 1.29 is 18.0 Å². The van der Waals surface area contributed by atoms with Gasteiger partial charge in [0.2, 0.25) is 10.0 Å². The van der Waals surface area contributed by atoms with Crippen molar-refractivity contribution in [2.45, 2.75) is 26.8 Å². The van der Waals surface area contributed by atoms with Crippen LogP contribution in [0.5, 0.6) is 0 Å². The molecule has 7 nitrogen and oxygen atoms in total. The Balaban J connectivity index is 1.44. The minimum absolute atomic E-state index is 0.137. The first kappa shape index (κ1) is 28.6. The third-order valence-corrected chi connectivity index (χ3v) is 7.71. The Morgan fingerprint density at radius 1 is 0.725 bits per heavy atom. The zero-order valence-electron chi connectivity index (χ0n) is 22.8. The summed E-state index contributed by atoms with van der Waals surface area (Å²) in [5.41, 5.74) is 5.43. The van der Waals surface area contributed by atoms with Crippen molar-refractivity contribution in [2.75, 3.05) is 22.4 Å². The molecule has 0 spiro atoms. The van der Waals surface area contributed by atoms with Gasteiger partial charge in [0.25, 0.3) is 11.8 Å². The van der Waals surface area contributed by atoms with Gasteiger partial charge in [0.15, 0.2) is 0 Å². The van der Waals surface area contributed by atoms with Gasteiger partial charge < -0.3 is 10.6 Å². The maximum atomic E-state index is 13.0. The summed E-state index contributed by atoms with van der Waals surface area (Å²) < 4.78 is 26.7. The number of carbonyl (C=O) groups is 2. The van der Waals surface area contributed by atoms with Gasteiger partial charge in [0.05, 0.1) is 29.7 Å². The largest absolute Gasteiger partial charge is 0.352 e. The zero-order valence-corrected chi connectivity index (χ0v) is 23.7. The third kappa shape index (κ3) is 7.15. The SMILES string of the molecule is Cc1cccc(C)c1N(Cc1ccc(C(=O)Nc2ccccc2C(=O)NCCc2ccccc2)cc1)S(C)(=O)=O. The molecule has 0 aliphatic rings. The summed E-state index contributed by atoms with van der Waals surface area (Å²) in [5, 5.41) is 5.75. The Kier molecular flexibility index (Phi) is 9.01. The lowest BCUT2D eigenvalue weighted by atomic mass is 10.1. The molecule has 2 amide bonds. The number of amides is 2. The number of nitrogens with zero attached hydrogens (tertiary/aromatic N) is 1. The Hall–Kier alpha value is -4.43. The lowest BCUT2D eigenvalue weighted by Gasteiger charge is -2.26. The van der Waals surface area contributed by atoms with E-state index in [-0.39, 0.29) is 18.4 Å². The molecule has 206 valence electrons. The van der Waals surface area contributed by atoms with Crippen LogP contribution in [0.15, 0.2) is 97.1 Å². The van der Waals surface area contributed by atoms with E-state index in [1.165, 1.54) is 10.6 Å². The Bertz CT molecular complexity index is 1580. The van der Waals surface area contributed by atoms with Crippen LogP contribution in [0, 0.1) is 13.8 Å². The van der Waals surface area contributed by atoms with E-state index in [1.54, 1.807) is 48.5 Å². The second-order valence-electron chi connectivity index (χ2n) is 9.70. The van der Waals surface area contributed by atoms with Gasteiger partial charge in [0.1, 0.15) is 0 Å². The Labute approximate surface area is 235 Å². The lowest BCUT2D eigenvalue weighted by Crippen LogP contribution is -2.30. The van der Waals surface area contributed by atoms with Crippen LogP contribution in [0.2, 0.25) is 0 Å². The van der Waals surface area contributed by atoms with E-state index in [0.29, 0.717) is 35.5 Å². The molecule has 0 radical (unpaired) electrons. The molecule has 0 saturated heterocycles. The van der Waals surface area contributed by atoms with E-state index in [0.717, 1.165) is 22.3 Å². The highest BCUT2D eigenvalue weighted by atomic mass is 32.2. The number of hydrogen-bond donors (Lipinski definition) is 2. The number of carbonyl (C=O) groups excluding carboxylic acids is 2. The quantitative estimate of drug-likeness (QED) is 0.270. The first-order valence-corrected chi connectivity index (χ1v) is 14.8. The van der Waals surface area contributed by atoms with Crippen molar-refractivity contribution in [3.63, 3.8) is 0 Å². The van der Waals surface area contributed by atoms with E-state index < -0.39 is 10.0 Å². The van der Waals surface area contributed by atoms with Gasteiger partial charge in [-0.1, -0.05) is 72.8 Å². The van der Waals surface area contributed by atoms with E-state index in [4.69, 9.17) is 0 Å². The number of aryl methyl sites for hydroxylation is 2. The number of anilines is 2. The van der Waals surface area contributed by atoms with Crippen molar-refractivity contribution in [2.24, 2.45) is 0 Å². The predicted octanol–water partition coefficient (Wildman–Crippen LogP) is 5.49. The second kappa shape index (κ2) is 12.6. The molecule has 0 bridgehead atoms. The Morgan fingerprint density at radius 3 is 2.00 bits per heavy atom. The first-order chi connectivity index (χ1) is 19.1. The van der Waals surface area contributed by atoms with Crippen molar-refractivity contribution in [1.82, 2.24) is 5.32 Å². The fourth-order valence-electron chi connectivity index (χ4n) is 4.53. The number of rotatable bonds is 10. The minimum Gasteiger partial charge on any atom is -0.352 e. The molecule has 0 saturated carbocycles. The van der Waals surface area contributed by atoms with Gasteiger partial charge in [-0.2, -0.15) is 0 Å². The van der Waals surface area contributed by atoms with E-state index >= 15 is 0 Å². The van der Waals surface area contributed by atoms with Gasteiger partial charge in [-0.3, -0.25) is 13.9 Å². The van der Waals surface area contributed by atoms with Crippen molar-refractivity contribution in [1.29, 1.82) is 0 Å². The highest BCUT2D eigenvalue weighted by Gasteiger charge is 2.22. The molecule has 0 fully saturated rings. The number of para-hydroxylation sites is 2. The summed E-state index contributed by atoms with van der Waals surface area (Å²) in [5.74, 6) is -0.639. The number of benzene rings is 4. The van der Waals surface area contributed by atoms with Crippen LogP contribution in [0.25, 0.3) is 0 Å². The van der Waals surface area contributed by atoms with Gasteiger partial charge >= 0.3 is 0 Å². The average Bonchev–Trinajstić information content (AvgIpc) is 2.93. The smallest absolute Gasteiger partial charge is 0.255 e. The molecule has 4 rings (SSSR count). The van der Waals surface area contributed by atoms with Crippen LogP contribution in [0.1, 0.15) is 43.0 Å². The van der Waals surface area contributed by atoms with Crippen molar-refractivity contribution in [3.8, 4) is 0 Å². The lowest BCUT2D eigenvalue weighted by molar-refractivity contribution is 0.0955. The fourth-order valence-corrected chi connectivity index (χ4v) is 5.54. The number of sulfonamides is 1. The van der Waals surface area contributed by atoms with Gasteiger partial charge in [0, 0.05) is 12.1 Å². The summed E-state index contributed by atoms with van der Waals surface area (Å²) in [6, 6.07) is 29.2. The molecule has 0 aliphatic carbocycles. The van der Waals surface area contributed by atoms with Crippen molar-refractivity contribution >= 4 is 33.2 Å². The summed E-state index contributed by atoms with van der Waals surface area (Å²) in [7, 11) is -3.55. The third-order valence-electron chi connectivity index (χ3n) is 6.59. The average molecular weight is 556 g/mol. The molecule has 8 heteroatoms. The summed E-state index contributed by atoms with van der Waals surface area (Å²) in [6.07, 6.45) is 1.89. The van der Waals surface area contributed by atoms with Crippen LogP contribution in [-0.4, -0.2) is 33.0 Å². The normalized spacial score (nSPS) is 11.1. The van der Waals surface area contributed by atoms with Crippen molar-refractivity contribution in [3.05, 3.63) is 130 Å². The molecular formula is C32H33N3O4S. The number of nitrogens with one attached hydrogen (secondary N) is 2. The standard InChI is InChI=1S/C32H33N3O4S/c1-23-10-9-11-24(2)30(23)35(40(3,38)39)22-26-16-18-27(19-17-26)31(36)34-29-15-8-7-14-28(29)32(37)33-21-20-25-12-5-4-6-13-25/h4-19H,20-22H2,1-3H3,(H,33,37)(H,34,36).